The third-order valence-electron chi connectivity index (χ3n) is 5.41. The molecule has 0 atom stereocenters. The molecule has 1 saturated heterocycles. The Hall–Kier alpha value is -2.55. The van der Waals surface area contributed by atoms with Crippen LogP contribution in [0.5, 0.6) is 0 Å². The van der Waals surface area contributed by atoms with Gasteiger partial charge in [-0.15, -0.1) is 0 Å². The minimum absolute atomic E-state index is 0.0724. The van der Waals surface area contributed by atoms with Crippen molar-refractivity contribution in [3.05, 3.63) is 29.0 Å². The zero-order valence-electron chi connectivity index (χ0n) is 18.5. The van der Waals surface area contributed by atoms with Crippen LogP contribution in [0.25, 0.3) is 0 Å². The third kappa shape index (κ3) is 5.78. The Labute approximate surface area is 187 Å². The molecular formula is C22H31N5O3S. The number of esters is 1. The molecule has 1 aliphatic rings. The normalized spacial score (nSPS) is 14.5. The van der Waals surface area contributed by atoms with Gasteiger partial charge in [-0.25, -0.2) is 19.7 Å². The maximum atomic E-state index is 13.5. The number of unbranched alkanes of at least 4 members (excludes halogenated alkanes) is 2. The smallest absolute Gasteiger partial charge is 0.350 e. The number of anilines is 2. The van der Waals surface area contributed by atoms with Gasteiger partial charge in [-0.1, -0.05) is 31.1 Å². The number of ether oxygens (including phenoxy) is 1. The first kappa shape index (κ1) is 23.1. The van der Waals surface area contributed by atoms with E-state index in [1.165, 1.54) is 11.3 Å². The Morgan fingerprint density at radius 1 is 1.19 bits per heavy atom. The largest absolute Gasteiger partial charge is 0.462 e. The van der Waals surface area contributed by atoms with Gasteiger partial charge in [-0.2, -0.15) is 0 Å². The number of hydrogen-bond acceptors (Lipinski definition) is 8. The van der Waals surface area contributed by atoms with Crippen LogP contribution in [-0.4, -0.2) is 53.1 Å². The number of amides is 1. The van der Waals surface area contributed by atoms with E-state index in [1.54, 1.807) is 37.2 Å². The fraction of sp³-hybridized carbons (Fsp3) is 0.591. The minimum Gasteiger partial charge on any atom is -0.462 e. The lowest BCUT2D eigenvalue weighted by Crippen LogP contribution is -2.43. The highest BCUT2D eigenvalue weighted by Gasteiger charge is 2.32. The molecule has 0 bridgehead atoms. The summed E-state index contributed by atoms with van der Waals surface area (Å²) in [6, 6.07) is 1.80. The molecule has 1 fully saturated rings. The van der Waals surface area contributed by atoms with E-state index in [2.05, 4.69) is 26.8 Å². The van der Waals surface area contributed by atoms with Gasteiger partial charge in [0.25, 0.3) is 0 Å². The van der Waals surface area contributed by atoms with Gasteiger partial charge in [-0.05, 0) is 39.2 Å². The molecule has 1 aliphatic heterocycles. The number of hydrogen-bond donors (Lipinski definition) is 0. The van der Waals surface area contributed by atoms with Crippen molar-refractivity contribution in [3.63, 3.8) is 0 Å². The van der Waals surface area contributed by atoms with Crippen molar-refractivity contribution in [3.8, 4) is 0 Å². The van der Waals surface area contributed by atoms with E-state index in [-0.39, 0.29) is 17.8 Å². The molecule has 0 radical (unpaired) electrons. The first-order valence-corrected chi connectivity index (χ1v) is 11.8. The van der Waals surface area contributed by atoms with Crippen molar-refractivity contribution in [2.45, 2.75) is 52.9 Å². The van der Waals surface area contributed by atoms with E-state index in [0.717, 1.165) is 45.2 Å². The van der Waals surface area contributed by atoms with Crippen LogP contribution >= 0.6 is 11.3 Å². The van der Waals surface area contributed by atoms with Gasteiger partial charge in [-0.3, -0.25) is 9.69 Å². The summed E-state index contributed by atoms with van der Waals surface area (Å²) in [5.41, 5.74) is 0.614. The molecule has 9 heteroatoms. The second kappa shape index (κ2) is 11.2. The van der Waals surface area contributed by atoms with Crippen LogP contribution in [0, 0.1) is 12.8 Å². The summed E-state index contributed by atoms with van der Waals surface area (Å²) in [6.07, 6.45) is 7.99. The molecule has 8 nitrogen and oxygen atoms in total. The van der Waals surface area contributed by atoms with Crippen LogP contribution in [-0.2, 0) is 9.53 Å². The highest BCUT2D eigenvalue weighted by atomic mass is 32.1. The van der Waals surface area contributed by atoms with Crippen molar-refractivity contribution in [1.82, 2.24) is 15.0 Å². The molecule has 2 aromatic rings. The molecule has 0 N–H and O–H groups in total. The zero-order valence-corrected chi connectivity index (χ0v) is 19.4. The number of rotatable bonds is 9. The topological polar surface area (TPSA) is 88.5 Å². The molecular weight excluding hydrogens is 414 g/mol. The molecule has 3 heterocycles. The Balaban J connectivity index is 1.72. The van der Waals surface area contributed by atoms with Crippen molar-refractivity contribution < 1.29 is 14.3 Å². The van der Waals surface area contributed by atoms with Gasteiger partial charge in [0.05, 0.1) is 12.3 Å². The molecule has 0 spiro atoms. The van der Waals surface area contributed by atoms with Crippen LogP contribution in [0.15, 0.2) is 18.5 Å². The van der Waals surface area contributed by atoms with Crippen LogP contribution < -0.4 is 9.80 Å². The molecule has 0 saturated carbocycles. The second-order valence-corrected chi connectivity index (χ2v) is 8.62. The lowest BCUT2D eigenvalue weighted by molar-refractivity contribution is -0.123. The highest BCUT2D eigenvalue weighted by molar-refractivity contribution is 7.17. The summed E-state index contributed by atoms with van der Waals surface area (Å²) in [7, 11) is 0. The van der Waals surface area contributed by atoms with E-state index in [0.29, 0.717) is 34.8 Å². The Morgan fingerprint density at radius 2 is 1.90 bits per heavy atom. The van der Waals surface area contributed by atoms with Crippen LogP contribution in [0.4, 0.5) is 11.1 Å². The lowest BCUT2D eigenvalue weighted by Gasteiger charge is -2.33. The monoisotopic (exact) mass is 445 g/mol. The molecule has 0 unspecified atom stereocenters. The molecule has 3 rings (SSSR count). The lowest BCUT2D eigenvalue weighted by atomic mass is 9.95. The van der Waals surface area contributed by atoms with Crippen molar-refractivity contribution in [2.75, 3.05) is 36.0 Å². The average Bonchev–Trinajstić information content (AvgIpc) is 3.18. The van der Waals surface area contributed by atoms with Crippen LogP contribution in [0.2, 0.25) is 0 Å². The number of piperidine rings is 1. The highest BCUT2D eigenvalue weighted by Crippen LogP contribution is 2.30. The van der Waals surface area contributed by atoms with Crippen molar-refractivity contribution >= 4 is 34.3 Å². The van der Waals surface area contributed by atoms with Crippen LogP contribution in [0.3, 0.4) is 0 Å². The number of carbonyl (C=O) groups is 2. The minimum atomic E-state index is -0.374. The molecule has 0 aliphatic carbocycles. The van der Waals surface area contributed by atoms with Gasteiger partial charge < -0.3 is 9.64 Å². The molecule has 168 valence electrons. The standard InChI is InChI=1S/C22H31N5O3S/c1-4-6-7-13-27(22-25-16(3)18(31-22)20(29)30-5-2)19(28)17-9-14-26(15-10-17)21-23-11-8-12-24-21/h8,11-12,17H,4-7,9-10,13-15H2,1-3H3. The SMILES string of the molecule is CCCCCN(C(=O)C1CCN(c2ncccn2)CC1)c1nc(C)c(C(=O)OCC)s1. The van der Waals surface area contributed by atoms with Crippen molar-refractivity contribution in [1.29, 1.82) is 0 Å². The quantitative estimate of drug-likeness (QED) is 0.428. The third-order valence-corrected chi connectivity index (χ3v) is 6.57. The Morgan fingerprint density at radius 3 is 2.55 bits per heavy atom. The molecule has 2 aromatic heterocycles. The maximum Gasteiger partial charge on any atom is 0.350 e. The average molecular weight is 446 g/mol. The zero-order chi connectivity index (χ0) is 22.2. The predicted octanol–water partition coefficient (Wildman–Crippen LogP) is 3.86. The first-order valence-electron chi connectivity index (χ1n) is 11.0. The number of aromatic nitrogens is 3. The van der Waals surface area contributed by atoms with E-state index < -0.39 is 0 Å². The number of thiazole rings is 1. The fourth-order valence-electron chi connectivity index (χ4n) is 3.71. The summed E-state index contributed by atoms with van der Waals surface area (Å²) in [5.74, 6) is 0.356. The van der Waals surface area contributed by atoms with Gasteiger partial charge in [0.2, 0.25) is 11.9 Å². The summed E-state index contributed by atoms with van der Waals surface area (Å²) in [6.45, 7) is 8.13. The van der Waals surface area contributed by atoms with Crippen LogP contribution in [0.1, 0.15) is 61.3 Å². The van der Waals surface area contributed by atoms with E-state index >= 15 is 0 Å². The molecule has 1 amide bonds. The number of nitrogens with zero attached hydrogens (tertiary/aromatic N) is 5. The second-order valence-electron chi connectivity index (χ2n) is 7.64. The van der Waals surface area contributed by atoms with Gasteiger partial charge >= 0.3 is 5.97 Å². The first-order chi connectivity index (χ1) is 15.0. The van der Waals surface area contributed by atoms with Gasteiger partial charge in [0.15, 0.2) is 5.13 Å². The Kier molecular flexibility index (Phi) is 8.34. The summed E-state index contributed by atoms with van der Waals surface area (Å²) in [4.78, 5) is 43.3. The van der Waals surface area contributed by atoms with E-state index in [9.17, 15) is 9.59 Å². The van der Waals surface area contributed by atoms with Gasteiger partial charge in [0.1, 0.15) is 4.88 Å². The van der Waals surface area contributed by atoms with E-state index in [1.807, 2.05) is 0 Å². The molecule has 31 heavy (non-hydrogen) atoms. The number of carbonyl (C=O) groups excluding carboxylic acids is 2. The summed E-state index contributed by atoms with van der Waals surface area (Å²) >= 11 is 1.25. The summed E-state index contributed by atoms with van der Waals surface area (Å²) in [5, 5.41) is 0.593. The number of aryl methyl sites for hydroxylation is 1. The summed E-state index contributed by atoms with van der Waals surface area (Å²) < 4.78 is 5.14. The van der Waals surface area contributed by atoms with E-state index in [4.69, 9.17) is 4.74 Å². The van der Waals surface area contributed by atoms with Gasteiger partial charge in [0, 0.05) is 37.9 Å². The Bertz CT molecular complexity index is 865. The molecule has 0 aromatic carbocycles. The maximum absolute atomic E-state index is 13.5. The fourth-order valence-corrected chi connectivity index (χ4v) is 4.70. The van der Waals surface area contributed by atoms with Crippen molar-refractivity contribution in [2.24, 2.45) is 5.92 Å². The predicted molar refractivity (Wildman–Crippen MR) is 122 cm³/mol.